The van der Waals surface area contributed by atoms with Crippen molar-refractivity contribution in [1.29, 1.82) is 5.41 Å². The minimum Gasteiger partial charge on any atom is -0.399 e. The molecule has 2 aromatic carbocycles. The number of hydrogen-bond donors (Lipinski definition) is 13. The van der Waals surface area contributed by atoms with Crippen molar-refractivity contribution in [3.8, 4) is 0 Å². The highest BCUT2D eigenvalue weighted by atomic mass is 20.0. The Labute approximate surface area is 576 Å². The van der Waals surface area contributed by atoms with Gasteiger partial charge < -0.3 is 70.9 Å². The molecule has 2 amide bonds. The fraction of sp³-hybridized carbons (Fsp3) is 0.700. The first-order valence-corrected chi connectivity index (χ1v) is 30.8. The number of Topliss-reactive ketones (excluding diaryl/α,β-unsaturated/α-hetero) is 6. The molecule has 6 atom stereocenters. The number of rotatable bonds is 37. The highest BCUT2D eigenvalue weighted by Gasteiger charge is 2.15. The summed E-state index contributed by atoms with van der Waals surface area (Å²) in [4.78, 5) is 80.9. The Morgan fingerprint density at radius 2 is 0.768 bits per heavy atom. The summed E-state index contributed by atoms with van der Waals surface area (Å²) >= 11 is 0. The minimum absolute atomic E-state index is 0. The van der Waals surface area contributed by atoms with Crippen LogP contribution in [0.5, 0.6) is 0 Å². The number of nitrogens with one attached hydrogen (secondary N) is 10. The number of unbranched alkanes of at least 4 members (excludes halogenated alkanes) is 1. The molecule has 0 fully saturated rings. The lowest BCUT2D eigenvalue weighted by molar-refractivity contribution is -0.119. The van der Waals surface area contributed by atoms with Crippen molar-refractivity contribution in [3.05, 3.63) is 65.2 Å². The van der Waals surface area contributed by atoms with Gasteiger partial charge in [0.25, 0.3) is 0 Å². The average molecular weight is 1370 g/mol. The zero-order valence-corrected chi connectivity index (χ0v) is 58.4. The van der Waals surface area contributed by atoms with Crippen molar-refractivity contribution in [3.63, 3.8) is 0 Å². The summed E-state index contributed by atoms with van der Waals surface area (Å²) in [6, 6.07) is 15.5. The van der Waals surface area contributed by atoms with Crippen LogP contribution in [-0.2, 0) is 48.0 Å². The Bertz CT molecular complexity index is 2170. The number of benzene rings is 2. The van der Waals surface area contributed by atoms with Gasteiger partial charge in [-0.15, -0.1) is 0 Å². The van der Waals surface area contributed by atoms with Gasteiger partial charge in [-0.05, 0) is 190 Å². The van der Waals surface area contributed by atoms with Crippen LogP contribution in [0.3, 0.4) is 0 Å². The smallest absolute Gasteiger partial charge is 0.312 e. The summed E-state index contributed by atoms with van der Waals surface area (Å²) in [6.07, 6.45) is 12.9. The van der Waals surface area contributed by atoms with Gasteiger partial charge in [-0.2, -0.15) is 0 Å². The fourth-order valence-electron chi connectivity index (χ4n) is 8.34. The van der Waals surface area contributed by atoms with E-state index in [1.165, 1.54) is 6.42 Å². The number of carbonyl (C=O) groups excluding carboxylic acids is 7. The molecule has 0 aromatic heterocycles. The van der Waals surface area contributed by atoms with E-state index >= 15 is 0 Å². The second kappa shape index (κ2) is 78.8. The third-order valence-corrected chi connectivity index (χ3v) is 13.7. The molecule has 21 nitrogen and oxygen atoms in total. The zero-order chi connectivity index (χ0) is 69.9. The second-order valence-electron chi connectivity index (χ2n) is 22.1. The van der Waals surface area contributed by atoms with Gasteiger partial charge >= 0.3 is 6.03 Å². The Hall–Kier alpha value is -5.93. The monoisotopic (exact) mass is 1370 g/mol. The SMILES string of the molecule is C.C.C.C.C.CCC(=NC)NCCC[C@H](NC)C(C)=O.CN[C@@H](CCCC(C)C)C(C)=O.CN[C@@H](CCCCNC(C)C)C(C)=O.CN[C@@H](CCCNC(N)=O)C(C)=O.CN[C@@H](Cc1ccc(CC(C)=N)cc1)C(C)=O.CN[C@@H](Cc1ccc(N)cc1)C(C)=O.FF.FF.N. The quantitative estimate of drug-likeness (QED) is 0.00982. The molecular weight excluding hydrogens is 1220 g/mol. The van der Waals surface area contributed by atoms with E-state index in [-0.39, 0.29) is 114 Å². The number of halogens is 4. The van der Waals surface area contributed by atoms with Crippen LogP contribution in [0.2, 0.25) is 0 Å². The van der Waals surface area contributed by atoms with Crippen LogP contribution in [-0.4, -0.2) is 164 Å². The minimum atomic E-state index is -0.524. The van der Waals surface area contributed by atoms with Crippen LogP contribution in [0.15, 0.2) is 53.5 Å². The van der Waals surface area contributed by atoms with Crippen molar-refractivity contribution in [1.82, 2.24) is 54.0 Å². The summed E-state index contributed by atoms with van der Waals surface area (Å²) in [5, 5.41) is 34.5. The van der Waals surface area contributed by atoms with E-state index in [0.29, 0.717) is 37.6 Å². The average Bonchev–Trinajstić information content (AvgIpc) is 1.55. The van der Waals surface area contributed by atoms with E-state index < -0.39 is 6.03 Å². The van der Waals surface area contributed by atoms with Crippen molar-refractivity contribution in [2.24, 2.45) is 16.6 Å². The number of primary amides is 1. The molecule has 0 unspecified atom stereocenters. The van der Waals surface area contributed by atoms with Crippen LogP contribution in [0, 0.1) is 11.3 Å². The molecule has 25 heteroatoms. The first-order valence-electron chi connectivity index (χ1n) is 30.8. The number of likely N-dealkylation sites (N-methyl/N-ethyl adjacent to an activating group) is 6. The van der Waals surface area contributed by atoms with Crippen LogP contribution < -0.4 is 65.5 Å². The van der Waals surface area contributed by atoms with E-state index in [9.17, 15) is 33.6 Å². The third-order valence-electron chi connectivity index (χ3n) is 13.7. The van der Waals surface area contributed by atoms with Crippen molar-refractivity contribution in [2.75, 3.05) is 74.7 Å². The van der Waals surface area contributed by atoms with E-state index in [4.69, 9.17) is 35.2 Å². The molecule has 0 aliphatic carbocycles. The molecule has 0 radical (unpaired) electrons. The molecule has 0 heterocycles. The third kappa shape index (κ3) is 73.7. The van der Waals surface area contributed by atoms with Gasteiger partial charge in [0, 0.05) is 68.7 Å². The standard InChI is InChI=1S/C14H20N2O.C11H23N3O.C11H16N2O.C11H24N2O.C10H21NO.C8H17N3O2.5CH4.2F2.H3N/c1-10(15)8-12-4-6-13(7-5-12)9-14(16-3)11(2)17;1-5-11(13-4)14-8-6-7-10(12-3)9(2)15;1-8(14)11(13-2)7-9-3-5-10(12)6-4-9;1-9(2)13-8-6-5-7-11(12-4)10(3)14;1-8(2)6-5-7-10(11-4)9(3)12;1-6(12)7(10-2)4-3-5-11-8(9)13;;;;;;2*1-2;/h4-7,14-16H,8-9H2,1-3H3;10,12H,5-8H2,1-4H3,(H,13,14);3-6,11,13H,7,12H2,1-2H3;9,11-13H,5-8H2,1-4H3;8,10-11H,5-7H2,1-4H3;7,10H,3-5H2,1-2H3,(H3,9,11,13);5*1H4;;;1H3/t14-;10-;2*11-;10-;7-;;;;;;;;/m000000......../s1. The van der Waals surface area contributed by atoms with Crippen LogP contribution >= 0.6 is 0 Å². The maximum atomic E-state index is 11.3. The topological polar surface area (TPSA) is 351 Å². The van der Waals surface area contributed by atoms with Crippen molar-refractivity contribution in [2.45, 2.75) is 252 Å². The van der Waals surface area contributed by atoms with Crippen LogP contribution in [0.25, 0.3) is 0 Å². The summed E-state index contributed by atoms with van der Waals surface area (Å²) in [7, 11) is 12.7. The molecule has 0 aliphatic rings. The van der Waals surface area contributed by atoms with E-state index in [0.717, 1.165) is 111 Å². The molecule has 95 heavy (non-hydrogen) atoms. The number of carbonyl (C=O) groups is 7. The molecule has 17 N–H and O–H groups in total. The number of nitrogen functional groups attached to an aromatic ring is 1. The Morgan fingerprint density at radius 3 is 1.04 bits per heavy atom. The highest BCUT2D eigenvalue weighted by molar-refractivity contribution is 5.84. The van der Waals surface area contributed by atoms with Crippen molar-refractivity contribution >= 4 is 58.0 Å². The van der Waals surface area contributed by atoms with Gasteiger partial charge in [0.2, 0.25) is 0 Å². The summed E-state index contributed by atoms with van der Waals surface area (Å²) in [5.74, 6) is 2.90. The molecule has 0 spiro atoms. The van der Waals surface area contributed by atoms with Gasteiger partial charge in [0.05, 0.1) is 42.1 Å². The molecule has 2 rings (SSSR count). The van der Waals surface area contributed by atoms with Gasteiger partial charge in [0.1, 0.15) is 34.7 Å². The molecule has 0 saturated heterocycles. The van der Waals surface area contributed by atoms with Gasteiger partial charge in [-0.1, -0.05) is 127 Å². The first kappa shape index (κ1) is 116. The number of urea groups is 1. The number of nitrogens with zero attached hydrogens (tertiary/aromatic N) is 1. The Morgan fingerprint density at radius 1 is 0.463 bits per heavy atom. The summed E-state index contributed by atoms with van der Waals surface area (Å²) in [6.45, 7) is 24.7. The van der Waals surface area contributed by atoms with Gasteiger partial charge in [0.15, 0.2) is 0 Å². The van der Waals surface area contributed by atoms with Crippen LogP contribution in [0.1, 0.15) is 208 Å². The Balaban J connectivity index is -0.0000000852. The Kier molecular flexibility index (Phi) is 96.4. The number of nitrogens with two attached hydrogens (primary N) is 2. The zero-order valence-electron chi connectivity index (χ0n) is 58.4. The van der Waals surface area contributed by atoms with E-state index in [1.807, 2.05) is 69.7 Å². The highest BCUT2D eigenvalue weighted by Crippen LogP contribution is 2.11. The van der Waals surface area contributed by atoms with Gasteiger partial charge in [-0.25, -0.2) is 4.79 Å². The maximum absolute atomic E-state index is 11.3. The number of amides is 2. The number of amidine groups is 1. The fourth-order valence-corrected chi connectivity index (χ4v) is 8.34. The predicted octanol–water partition coefficient (Wildman–Crippen LogP) is 11.9. The lowest BCUT2D eigenvalue weighted by Crippen LogP contribution is -2.34. The molecule has 0 bridgehead atoms. The van der Waals surface area contributed by atoms with E-state index in [1.54, 1.807) is 76.7 Å². The number of ketones is 6. The summed E-state index contributed by atoms with van der Waals surface area (Å²) < 4.78 is 32.0. The largest absolute Gasteiger partial charge is 0.399 e. The van der Waals surface area contributed by atoms with Gasteiger partial charge in [-0.3, -0.25) is 33.8 Å². The lowest BCUT2D eigenvalue weighted by atomic mass is 10.0. The molecule has 2 aromatic rings. The van der Waals surface area contributed by atoms with Crippen molar-refractivity contribution < 1.29 is 51.9 Å². The van der Waals surface area contributed by atoms with Crippen LogP contribution in [0.4, 0.5) is 28.8 Å². The first-order chi connectivity index (χ1) is 42.0. The van der Waals surface area contributed by atoms with E-state index in [2.05, 4.69) is 87.5 Å². The number of hydrogen-bond acceptors (Lipinski definition) is 18. The molecular formula is C70H144F4N14O7. The summed E-state index contributed by atoms with van der Waals surface area (Å²) in [5.41, 5.74) is 15.3. The molecule has 0 aliphatic heterocycles. The second-order valence-corrected chi connectivity index (χ2v) is 22.1. The predicted molar refractivity (Wildman–Crippen MR) is 399 cm³/mol. The number of aliphatic imine (C=N–C) groups is 1. The lowest BCUT2D eigenvalue weighted by Gasteiger charge is -2.13. The normalized spacial score (nSPS) is 11.6. The molecule has 0 saturated carbocycles. The number of anilines is 1. The molecule has 564 valence electrons. The maximum Gasteiger partial charge on any atom is 0.312 e.